The number of fused-ring (bicyclic) bond motifs is 2. The Labute approximate surface area is 208 Å². The molecular weight excluding hydrogens is 521 g/mol. The summed E-state index contributed by atoms with van der Waals surface area (Å²) in [7, 11) is 0. The van der Waals surface area contributed by atoms with Gasteiger partial charge in [0.1, 0.15) is 24.1 Å². The Balaban J connectivity index is 1.23. The fraction of sp³-hybridized carbons (Fsp3) is 0.100. The van der Waals surface area contributed by atoms with Gasteiger partial charge in [0.15, 0.2) is 8.68 Å². The van der Waals surface area contributed by atoms with E-state index in [0.29, 0.717) is 30.8 Å². The second-order valence-electron chi connectivity index (χ2n) is 6.63. The minimum absolute atomic E-state index is 0.176. The third kappa shape index (κ3) is 5.83. The first-order chi connectivity index (χ1) is 16.3. The molecule has 0 aliphatic rings. The van der Waals surface area contributed by atoms with Crippen LogP contribution in [0.3, 0.4) is 0 Å². The Hall–Kier alpha value is -3.20. The van der Waals surface area contributed by atoms with Crippen molar-refractivity contribution in [3.05, 3.63) is 47.5 Å². The highest BCUT2D eigenvalue weighted by molar-refractivity contribution is 7.97. The van der Waals surface area contributed by atoms with E-state index in [0.717, 1.165) is 33.5 Å². The van der Waals surface area contributed by atoms with Crippen molar-refractivity contribution in [1.82, 2.24) is 9.97 Å². The third-order valence-corrected chi connectivity index (χ3v) is 7.83. The molecule has 174 valence electrons. The second kappa shape index (κ2) is 10.4. The first kappa shape index (κ1) is 23.9. The molecule has 0 aliphatic carbocycles. The molecule has 10 nitrogen and oxygen atoms in total. The largest absolute Gasteiger partial charge is 0.383 e. The third-order valence-electron chi connectivity index (χ3n) is 4.25. The molecule has 0 aliphatic heterocycles. The Morgan fingerprint density at radius 2 is 1.15 bits per heavy atom. The Kier molecular flexibility index (Phi) is 7.31. The molecule has 0 atom stereocenters. The summed E-state index contributed by atoms with van der Waals surface area (Å²) in [5, 5.41) is 0. The number of aromatic nitrogens is 2. The zero-order valence-electron chi connectivity index (χ0n) is 17.0. The van der Waals surface area contributed by atoms with Crippen LogP contribution in [-0.2, 0) is 18.0 Å². The molecule has 0 fully saturated rings. The first-order valence-corrected chi connectivity index (χ1v) is 12.6. The summed E-state index contributed by atoms with van der Waals surface area (Å²) in [6.45, 7) is 0. The molecule has 0 spiro atoms. The van der Waals surface area contributed by atoms with Crippen LogP contribution < -0.4 is 11.5 Å². The number of benzene rings is 2. The summed E-state index contributed by atoms with van der Waals surface area (Å²) in [6, 6.07) is 9.76. The number of rotatable bonds is 9. The van der Waals surface area contributed by atoms with Gasteiger partial charge < -0.3 is 19.8 Å². The first-order valence-electron chi connectivity index (χ1n) is 9.44. The van der Waals surface area contributed by atoms with Gasteiger partial charge in [-0.15, -0.1) is 22.7 Å². The van der Waals surface area contributed by atoms with E-state index in [1.807, 2.05) is 0 Å². The van der Waals surface area contributed by atoms with Crippen LogP contribution in [0.5, 0.6) is 0 Å². The van der Waals surface area contributed by atoms with E-state index in [4.69, 9.17) is 19.8 Å². The highest BCUT2D eigenvalue weighted by atomic mass is 32.2. The predicted octanol–water partition coefficient (Wildman–Crippen LogP) is 3.68. The van der Waals surface area contributed by atoms with Gasteiger partial charge in [0.05, 0.1) is 33.3 Å². The Morgan fingerprint density at radius 1 is 0.735 bits per heavy atom. The van der Waals surface area contributed by atoms with Crippen molar-refractivity contribution in [3.8, 4) is 0 Å². The molecule has 2 aromatic heterocycles. The molecule has 0 bridgehead atoms. The molecular formula is C20H14N4O6S4. The average Bonchev–Trinajstić information content (AvgIpc) is 3.41. The maximum Gasteiger partial charge on any atom is 0.318 e. The minimum atomic E-state index is -0.608. The number of hydrogen-bond acceptors (Lipinski definition) is 12. The molecule has 2 amide bonds. The van der Waals surface area contributed by atoms with Gasteiger partial charge in [0, 0.05) is 11.1 Å². The lowest BCUT2D eigenvalue weighted by Crippen LogP contribution is -2.10. The van der Waals surface area contributed by atoms with Crippen molar-refractivity contribution in [2.75, 3.05) is 0 Å². The van der Waals surface area contributed by atoms with E-state index in [1.165, 1.54) is 22.7 Å². The molecule has 0 saturated heterocycles. The molecule has 2 aromatic carbocycles. The number of nitrogens with two attached hydrogens (primary N) is 2. The van der Waals surface area contributed by atoms with Crippen LogP contribution in [0.25, 0.3) is 20.4 Å². The quantitative estimate of drug-likeness (QED) is 0.303. The zero-order chi connectivity index (χ0) is 24.2. The van der Waals surface area contributed by atoms with Crippen LogP contribution in [0.2, 0.25) is 0 Å². The fourth-order valence-corrected chi connectivity index (χ4v) is 5.78. The van der Waals surface area contributed by atoms with E-state index >= 15 is 0 Å². The van der Waals surface area contributed by atoms with Crippen molar-refractivity contribution < 1.29 is 27.5 Å². The summed E-state index contributed by atoms with van der Waals surface area (Å²) >= 11 is 4.14. The van der Waals surface area contributed by atoms with Crippen molar-refractivity contribution in [2.45, 2.75) is 21.5 Å². The second-order valence-corrected chi connectivity index (χ2v) is 10.6. The summed E-state index contributed by atoms with van der Waals surface area (Å²) < 4.78 is 12.7. The van der Waals surface area contributed by atoms with Gasteiger partial charge in [-0.2, -0.15) is 0 Å². The van der Waals surface area contributed by atoms with Crippen molar-refractivity contribution in [3.63, 3.8) is 0 Å². The van der Waals surface area contributed by atoms with E-state index in [9.17, 15) is 19.2 Å². The number of carbonyl (C=O) groups is 4. The predicted molar refractivity (Wildman–Crippen MR) is 129 cm³/mol. The monoisotopic (exact) mass is 534 g/mol. The summed E-state index contributed by atoms with van der Waals surface area (Å²) in [6.07, 6.45) is -0.351. The smallest absolute Gasteiger partial charge is 0.318 e. The topological polar surface area (TPSA) is 165 Å². The van der Waals surface area contributed by atoms with E-state index in [1.54, 1.807) is 36.4 Å². The van der Waals surface area contributed by atoms with Gasteiger partial charge >= 0.3 is 11.9 Å². The summed E-state index contributed by atoms with van der Waals surface area (Å²) in [5.74, 6) is -2.33. The number of nitrogens with zero attached hydrogens (tertiary/aromatic N) is 2. The number of primary amides is 2. The van der Waals surface area contributed by atoms with Crippen LogP contribution in [-0.4, -0.2) is 33.7 Å². The Morgan fingerprint density at radius 3 is 1.53 bits per heavy atom. The molecule has 0 radical (unpaired) electrons. The molecule has 0 saturated carbocycles. The maximum absolute atomic E-state index is 12.0. The van der Waals surface area contributed by atoms with Gasteiger partial charge in [-0.05, 0) is 36.4 Å². The van der Waals surface area contributed by atoms with Crippen LogP contribution in [0.15, 0.2) is 45.1 Å². The lowest BCUT2D eigenvalue weighted by molar-refractivity contribution is -0.139. The van der Waals surface area contributed by atoms with Crippen LogP contribution in [0.4, 0.5) is 0 Å². The molecule has 2 heterocycles. The maximum atomic E-state index is 12.0. The molecule has 14 heteroatoms. The van der Waals surface area contributed by atoms with Crippen LogP contribution >= 0.6 is 46.8 Å². The fourth-order valence-electron chi connectivity index (χ4n) is 2.64. The molecule has 4 N–H and O–H groups in total. The number of thiazole rings is 2. The molecule has 4 rings (SSSR count). The molecule has 0 unspecified atom stereocenters. The number of carbonyl (C=O) groups excluding carboxylic acids is 4. The lowest BCUT2D eigenvalue weighted by Gasteiger charge is -2.01. The molecule has 4 aromatic rings. The SMILES string of the molecule is NC(=O)c1ccc2sc(SOC(=O)CCC(=O)OSc3nc4cc(C(N)=O)ccc4s3)nc2c1. The number of hydrogen-bond donors (Lipinski definition) is 2. The van der Waals surface area contributed by atoms with Gasteiger partial charge in [-0.25, -0.2) is 9.97 Å². The standard InChI is InChI=1S/C20H14N4O6S4/c21-17(27)9-1-3-13-11(7-9)23-19(31-13)33-29-15(25)5-6-16(26)30-34-20-24-12-8-10(18(22)28)2-4-14(12)32-20/h1-4,7-8H,5-6H2,(H2,21,27)(H2,22,28). The minimum Gasteiger partial charge on any atom is -0.383 e. The lowest BCUT2D eigenvalue weighted by atomic mass is 10.2. The van der Waals surface area contributed by atoms with Crippen molar-refractivity contribution >= 4 is 90.9 Å². The van der Waals surface area contributed by atoms with Crippen molar-refractivity contribution in [2.24, 2.45) is 11.5 Å². The number of amides is 2. The van der Waals surface area contributed by atoms with E-state index in [-0.39, 0.29) is 12.8 Å². The molecule has 34 heavy (non-hydrogen) atoms. The highest BCUT2D eigenvalue weighted by Crippen LogP contribution is 2.32. The van der Waals surface area contributed by atoms with Crippen molar-refractivity contribution in [1.29, 1.82) is 0 Å². The van der Waals surface area contributed by atoms with Crippen LogP contribution in [0.1, 0.15) is 33.6 Å². The summed E-state index contributed by atoms with van der Waals surface area (Å²) in [5.41, 5.74) is 12.3. The highest BCUT2D eigenvalue weighted by Gasteiger charge is 2.15. The zero-order valence-corrected chi connectivity index (χ0v) is 20.3. The van der Waals surface area contributed by atoms with Gasteiger partial charge in [-0.3, -0.25) is 19.2 Å². The normalized spacial score (nSPS) is 10.9. The van der Waals surface area contributed by atoms with E-state index < -0.39 is 23.8 Å². The Bertz CT molecular complexity index is 1330. The summed E-state index contributed by atoms with van der Waals surface area (Å²) in [4.78, 5) is 55.0. The van der Waals surface area contributed by atoms with E-state index in [2.05, 4.69) is 9.97 Å². The van der Waals surface area contributed by atoms with Crippen LogP contribution in [0, 0.1) is 0 Å². The van der Waals surface area contributed by atoms with Gasteiger partial charge in [0.2, 0.25) is 11.8 Å². The van der Waals surface area contributed by atoms with Gasteiger partial charge in [0.25, 0.3) is 0 Å². The average molecular weight is 535 g/mol. The van der Waals surface area contributed by atoms with Gasteiger partial charge in [-0.1, -0.05) is 0 Å².